The number of nitrogens with zero attached hydrogens (tertiary/aromatic N) is 1. The molecule has 1 amide bonds. The molecule has 0 atom stereocenters. The molecule has 0 aromatic heterocycles. The minimum absolute atomic E-state index is 0.0611. The van der Waals surface area contributed by atoms with E-state index >= 15 is 0 Å². The van der Waals surface area contributed by atoms with Gasteiger partial charge in [-0.3, -0.25) is 9.79 Å². The lowest BCUT2D eigenvalue weighted by Crippen LogP contribution is -2.19. The lowest BCUT2D eigenvalue weighted by Gasteiger charge is -2.17. The molecule has 1 fully saturated rings. The van der Waals surface area contributed by atoms with E-state index in [1.807, 2.05) is 6.92 Å². The molecular weight excluding hydrogens is 486 g/mol. The number of thioether (sulfide) groups is 1. The molecule has 1 N–H and O–H groups in total. The third kappa shape index (κ3) is 6.04. The maximum Gasteiger partial charge on any atom is 0.416 e. The van der Waals surface area contributed by atoms with Crippen LogP contribution < -0.4 is 14.8 Å². The number of hydrogen-bond acceptors (Lipinski definition) is 5. The number of carbonyl (C=O) groups is 1. The Balaban J connectivity index is 1.83. The predicted octanol–water partition coefficient (Wildman–Crippen LogP) is 5.89. The van der Waals surface area contributed by atoms with Gasteiger partial charge in [0, 0.05) is 12.1 Å². The third-order valence-electron chi connectivity index (χ3n) is 4.56. The van der Waals surface area contributed by atoms with Crippen molar-refractivity contribution < 1.29 is 40.6 Å². The average Bonchev–Trinajstić information content (AvgIpc) is 3.10. The van der Waals surface area contributed by atoms with E-state index < -0.39 is 35.6 Å². The fraction of sp³-hybridized carbons (Fsp3) is 0.273. The van der Waals surface area contributed by atoms with Gasteiger partial charge in [-0.2, -0.15) is 26.3 Å². The Morgan fingerprint density at radius 1 is 1.03 bits per heavy atom. The lowest BCUT2D eigenvalue weighted by atomic mass is 10.0. The third-order valence-corrected chi connectivity index (χ3v) is 5.51. The number of halogens is 6. The van der Waals surface area contributed by atoms with E-state index in [1.165, 1.54) is 19.2 Å². The molecule has 1 heterocycles. The number of aliphatic imine (C=N–C) groups is 1. The van der Waals surface area contributed by atoms with Crippen LogP contribution in [-0.4, -0.2) is 24.7 Å². The monoisotopic (exact) mass is 504 g/mol. The van der Waals surface area contributed by atoms with Gasteiger partial charge in [0.25, 0.3) is 5.91 Å². The highest BCUT2D eigenvalue weighted by atomic mass is 32.2. The van der Waals surface area contributed by atoms with Crippen LogP contribution >= 0.6 is 11.8 Å². The lowest BCUT2D eigenvalue weighted by molar-refractivity contribution is -0.143. The SMILES string of the molecule is CCN=C1NC(=O)/C(=C/c2ccc(OCc3ccc(C(F)(F)F)cc3C(F)(F)F)c(OC)c2)S1. The minimum Gasteiger partial charge on any atom is -0.493 e. The van der Waals surface area contributed by atoms with E-state index in [0.717, 1.165) is 17.8 Å². The first kappa shape index (κ1) is 25.5. The number of hydrogen-bond donors (Lipinski definition) is 1. The van der Waals surface area contributed by atoms with Crippen molar-refractivity contribution in [1.82, 2.24) is 5.32 Å². The van der Waals surface area contributed by atoms with E-state index in [-0.39, 0.29) is 23.5 Å². The highest BCUT2D eigenvalue weighted by Gasteiger charge is 2.38. The van der Waals surface area contributed by atoms with Gasteiger partial charge < -0.3 is 14.8 Å². The van der Waals surface area contributed by atoms with Crippen molar-refractivity contribution in [2.75, 3.05) is 13.7 Å². The molecule has 182 valence electrons. The number of methoxy groups -OCH3 is 1. The summed E-state index contributed by atoms with van der Waals surface area (Å²) in [4.78, 5) is 16.6. The van der Waals surface area contributed by atoms with Gasteiger partial charge in [-0.15, -0.1) is 0 Å². The van der Waals surface area contributed by atoms with Gasteiger partial charge in [0.2, 0.25) is 0 Å². The normalized spacial score (nSPS) is 16.8. The Kier molecular flexibility index (Phi) is 7.49. The highest BCUT2D eigenvalue weighted by molar-refractivity contribution is 8.18. The van der Waals surface area contributed by atoms with Gasteiger partial charge in [-0.1, -0.05) is 12.1 Å². The smallest absolute Gasteiger partial charge is 0.416 e. The number of carbonyl (C=O) groups excluding carboxylic acids is 1. The van der Waals surface area contributed by atoms with Gasteiger partial charge in [-0.05, 0) is 54.6 Å². The van der Waals surface area contributed by atoms with Gasteiger partial charge in [0.05, 0.1) is 23.1 Å². The standard InChI is InChI=1S/C22H18F6N2O3S/c1-3-29-20-30-19(31)18(34-20)9-12-4-7-16(17(8-12)32-2)33-11-13-5-6-14(21(23,24)25)10-15(13)22(26,27)28/h4-10H,3,11H2,1-2H3,(H,29,30,31)/b18-9-. The summed E-state index contributed by atoms with van der Waals surface area (Å²) in [5, 5.41) is 3.10. The molecule has 1 aliphatic rings. The Hall–Kier alpha value is -3.15. The van der Waals surface area contributed by atoms with Gasteiger partial charge in [0.1, 0.15) is 6.61 Å². The maximum absolute atomic E-state index is 13.3. The zero-order valence-electron chi connectivity index (χ0n) is 17.8. The van der Waals surface area contributed by atoms with Crippen LogP contribution in [0.4, 0.5) is 26.3 Å². The number of amidine groups is 1. The van der Waals surface area contributed by atoms with Crippen LogP contribution in [-0.2, 0) is 23.8 Å². The van der Waals surface area contributed by atoms with Gasteiger partial charge in [-0.25, -0.2) is 0 Å². The molecule has 0 bridgehead atoms. The van der Waals surface area contributed by atoms with Crippen LogP contribution in [0.2, 0.25) is 0 Å². The number of benzene rings is 2. The summed E-state index contributed by atoms with van der Waals surface area (Å²) in [6.45, 7) is 1.69. The van der Waals surface area contributed by atoms with Crippen LogP contribution in [0.15, 0.2) is 46.3 Å². The van der Waals surface area contributed by atoms with Crippen molar-refractivity contribution in [1.29, 1.82) is 0 Å². The topological polar surface area (TPSA) is 59.9 Å². The summed E-state index contributed by atoms with van der Waals surface area (Å²) >= 11 is 1.16. The number of ether oxygens (including phenoxy) is 2. The first-order valence-electron chi connectivity index (χ1n) is 9.76. The molecule has 0 spiro atoms. The molecule has 0 radical (unpaired) electrons. The fourth-order valence-electron chi connectivity index (χ4n) is 2.99. The van der Waals surface area contributed by atoms with E-state index in [9.17, 15) is 31.1 Å². The average molecular weight is 504 g/mol. The van der Waals surface area contributed by atoms with Crippen LogP contribution in [0, 0.1) is 0 Å². The minimum atomic E-state index is -5.00. The molecule has 2 aromatic rings. The summed E-state index contributed by atoms with van der Waals surface area (Å²) < 4.78 is 89.3. The molecule has 1 saturated heterocycles. The van der Waals surface area contributed by atoms with Crippen molar-refractivity contribution in [2.45, 2.75) is 25.9 Å². The molecule has 2 aromatic carbocycles. The molecule has 12 heteroatoms. The summed E-state index contributed by atoms with van der Waals surface area (Å²) in [5.41, 5.74) is -2.74. The Morgan fingerprint density at radius 3 is 2.38 bits per heavy atom. The van der Waals surface area contributed by atoms with E-state index in [4.69, 9.17) is 9.47 Å². The highest BCUT2D eigenvalue weighted by Crippen LogP contribution is 2.38. The van der Waals surface area contributed by atoms with Crippen molar-refractivity contribution >= 4 is 28.9 Å². The van der Waals surface area contributed by atoms with Gasteiger partial charge in [0.15, 0.2) is 16.7 Å². The van der Waals surface area contributed by atoms with E-state index in [2.05, 4.69) is 10.3 Å². The van der Waals surface area contributed by atoms with Crippen LogP contribution in [0.3, 0.4) is 0 Å². The van der Waals surface area contributed by atoms with Gasteiger partial charge >= 0.3 is 12.4 Å². The Morgan fingerprint density at radius 2 is 1.76 bits per heavy atom. The maximum atomic E-state index is 13.3. The molecule has 34 heavy (non-hydrogen) atoms. The predicted molar refractivity (Wildman–Crippen MR) is 115 cm³/mol. The van der Waals surface area contributed by atoms with Crippen molar-refractivity contribution in [2.24, 2.45) is 4.99 Å². The Labute approximate surface area is 194 Å². The number of alkyl halides is 6. The van der Waals surface area contributed by atoms with Crippen molar-refractivity contribution in [3.63, 3.8) is 0 Å². The summed E-state index contributed by atoms with van der Waals surface area (Å²) in [7, 11) is 1.32. The molecule has 0 unspecified atom stereocenters. The quantitative estimate of drug-likeness (QED) is 0.394. The first-order chi connectivity index (χ1) is 15.9. The summed E-state index contributed by atoms with van der Waals surface area (Å²) in [6.07, 6.45) is -8.33. The van der Waals surface area contributed by atoms with Crippen molar-refractivity contribution in [3.8, 4) is 11.5 Å². The molecule has 1 aliphatic heterocycles. The zero-order valence-corrected chi connectivity index (χ0v) is 18.6. The molecule has 5 nitrogen and oxygen atoms in total. The Bertz CT molecular complexity index is 1140. The fourth-order valence-corrected chi connectivity index (χ4v) is 3.87. The second-order valence-corrected chi connectivity index (χ2v) is 7.94. The second kappa shape index (κ2) is 10.00. The summed E-state index contributed by atoms with van der Waals surface area (Å²) in [6, 6.07) is 5.88. The number of rotatable bonds is 6. The second-order valence-electron chi connectivity index (χ2n) is 6.91. The molecule has 0 saturated carbocycles. The van der Waals surface area contributed by atoms with E-state index in [0.29, 0.717) is 28.2 Å². The zero-order chi connectivity index (χ0) is 25.1. The number of nitrogens with one attached hydrogen (secondary N) is 1. The van der Waals surface area contributed by atoms with Crippen LogP contribution in [0.1, 0.15) is 29.2 Å². The number of amides is 1. The van der Waals surface area contributed by atoms with E-state index in [1.54, 1.807) is 12.1 Å². The molecular formula is C22H18F6N2O3S. The molecule has 3 rings (SSSR count). The van der Waals surface area contributed by atoms with Crippen LogP contribution in [0.25, 0.3) is 6.08 Å². The first-order valence-corrected chi connectivity index (χ1v) is 10.6. The van der Waals surface area contributed by atoms with Crippen LogP contribution in [0.5, 0.6) is 11.5 Å². The molecule has 0 aliphatic carbocycles. The van der Waals surface area contributed by atoms with Crippen molar-refractivity contribution in [3.05, 3.63) is 63.6 Å². The largest absolute Gasteiger partial charge is 0.493 e. The summed E-state index contributed by atoms with van der Waals surface area (Å²) in [5.74, 6) is -0.0754.